The summed E-state index contributed by atoms with van der Waals surface area (Å²) in [6, 6.07) is 0. The van der Waals surface area contributed by atoms with Crippen molar-refractivity contribution in [3.63, 3.8) is 0 Å². The van der Waals surface area contributed by atoms with Gasteiger partial charge >= 0.3 is 0 Å². The van der Waals surface area contributed by atoms with Gasteiger partial charge in [0, 0.05) is 164 Å². The van der Waals surface area contributed by atoms with Gasteiger partial charge < -0.3 is 12.0 Å². The van der Waals surface area contributed by atoms with E-state index in [0.29, 0.717) is 18.4 Å². The number of hydrogen-bond acceptors (Lipinski definition) is 2. The van der Waals surface area contributed by atoms with Gasteiger partial charge in [-0.1, -0.05) is 25.2 Å². The fourth-order valence-electron chi connectivity index (χ4n) is 1.62. The molecule has 0 bridgehead atoms. The SMILES string of the molecule is [CH2-][C@H]1C=CC(=O)/C1=C/C[C@@H](O)C/C=C\CC.[Y].[Y].[Y].[Y].[Y]. The summed E-state index contributed by atoms with van der Waals surface area (Å²) in [6.07, 6.45) is 10.9. The zero-order valence-corrected chi connectivity index (χ0v) is 26.8. The maximum absolute atomic E-state index is 11.4. The summed E-state index contributed by atoms with van der Waals surface area (Å²) in [5.74, 6) is -0.0258. The zero-order valence-electron chi connectivity index (χ0n) is 12.6. The van der Waals surface area contributed by atoms with E-state index < -0.39 is 6.10 Å². The Morgan fingerprint density at radius 2 is 1.76 bits per heavy atom. The van der Waals surface area contributed by atoms with Gasteiger partial charge in [0.15, 0.2) is 5.78 Å². The summed E-state index contributed by atoms with van der Waals surface area (Å²) < 4.78 is 0. The number of ketones is 1. The Bertz CT molecular complexity index is 340. The number of rotatable bonds is 5. The standard InChI is InChI=1S/C14H19O2.5Y/c1-3-4-5-6-12(15)8-9-13-11(2)7-10-14(13)16;;;;;/h4-5,7,9-12,15H,2-3,6,8H2,1H3;;;;;/q-1;;;;;/b5-4-,13-9+;;;;;/t11-,12-;;;;;/m0...../s1. The van der Waals surface area contributed by atoms with E-state index in [1.54, 1.807) is 12.2 Å². The van der Waals surface area contributed by atoms with Crippen LogP contribution in [-0.4, -0.2) is 17.0 Å². The first kappa shape index (κ1) is 36.3. The molecule has 0 unspecified atom stereocenters. The average molecular weight is 664 g/mol. The number of allylic oxidation sites excluding steroid dienone is 4. The molecule has 2 nitrogen and oxygen atoms in total. The summed E-state index contributed by atoms with van der Waals surface area (Å²) >= 11 is 0. The van der Waals surface area contributed by atoms with Gasteiger partial charge in [0.05, 0.1) is 6.10 Å². The number of aliphatic hydroxyl groups is 1. The minimum Gasteiger partial charge on any atom is -0.392 e. The third kappa shape index (κ3) is 16.3. The smallest absolute Gasteiger partial charge is 0.179 e. The normalized spacial score (nSPS) is 18.9. The number of hydrogen-bond donors (Lipinski definition) is 1. The Balaban J connectivity index is -0.000000171. The van der Waals surface area contributed by atoms with Crippen LogP contribution in [0.4, 0.5) is 0 Å². The largest absolute Gasteiger partial charge is 0.392 e. The van der Waals surface area contributed by atoms with E-state index in [2.05, 4.69) is 13.8 Å². The van der Waals surface area contributed by atoms with Crippen LogP contribution in [0.3, 0.4) is 0 Å². The van der Waals surface area contributed by atoms with Crippen molar-refractivity contribution < 1.29 is 173 Å². The van der Waals surface area contributed by atoms with Gasteiger partial charge in [-0.3, -0.25) is 4.79 Å². The molecule has 7 heteroatoms. The predicted octanol–water partition coefficient (Wildman–Crippen LogP) is 2.60. The zero-order chi connectivity index (χ0) is 12.0. The Labute approximate surface area is 254 Å². The molecular weight excluding hydrogens is 645 g/mol. The van der Waals surface area contributed by atoms with Gasteiger partial charge in [-0.25, -0.2) is 0 Å². The second kappa shape index (κ2) is 22.4. The molecule has 103 valence electrons. The summed E-state index contributed by atoms with van der Waals surface area (Å²) in [5, 5.41) is 9.66. The van der Waals surface area contributed by atoms with Crippen molar-refractivity contribution in [2.75, 3.05) is 0 Å². The van der Waals surface area contributed by atoms with Crippen LogP contribution in [-0.2, 0) is 168 Å². The predicted molar refractivity (Wildman–Crippen MR) is 65.7 cm³/mol. The Hall–Kier alpha value is 4.37. The van der Waals surface area contributed by atoms with E-state index in [0.717, 1.165) is 6.42 Å². The van der Waals surface area contributed by atoms with Gasteiger partial charge in [0.1, 0.15) is 0 Å². The Morgan fingerprint density at radius 3 is 2.19 bits per heavy atom. The Kier molecular flexibility index (Phi) is 38.8. The molecule has 0 saturated carbocycles. The second-order valence-electron chi connectivity index (χ2n) is 3.99. The molecule has 0 aromatic carbocycles. The van der Waals surface area contributed by atoms with Crippen molar-refractivity contribution in [1.82, 2.24) is 0 Å². The van der Waals surface area contributed by atoms with Gasteiger partial charge in [-0.05, 0) is 30.9 Å². The first-order chi connectivity index (χ1) is 7.65. The fraction of sp³-hybridized carbons (Fsp3) is 0.429. The number of carbonyl (C=O) groups is 1. The van der Waals surface area contributed by atoms with Gasteiger partial charge in [0.2, 0.25) is 0 Å². The molecular formula is C14H19O2Y5-. The van der Waals surface area contributed by atoms with Crippen LogP contribution >= 0.6 is 0 Å². The first-order valence-corrected chi connectivity index (χ1v) is 5.73. The first-order valence-electron chi connectivity index (χ1n) is 5.73. The molecule has 0 aromatic rings. The molecule has 0 fully saturated rings. The van der Waals surface area contributed by atoms with Crippen LogP contribution in [0.25, 0.3) is 0 Å². The molecule has 0 aromatic heterocycles. The number of carbonyl (C=O) groups excluding carboxylic acids is 1. The monoisotopic (exact) mass is 664 g/mol. The fourth-order valence-corrected chi connectivity index (χ4v) is 1.62. The average Bonchev–Trinajstić information content (AvgIpc) is 2.57. The van der Waals surface area contributed by atoms with Crippen LogP contribution in [0.5, 0.6) is 0 Å². The van der Waals surface area contributed by atoms with Crippen LogP contribution in [0.15, 0.2) is 36.0 Å². The summed E-state index contributed by atoms with van der Waals surface area (Å²) in [7, 11) is 0. The van der Waals surface area contributed by atoms with Crippen molar-refractivity contribution >= 4 is 5.78 Å². The summed E-state index contributed by atoms with van der Waals surface area (Å²) in [6.45, 7) is 5.91. The van der Waals surface area contributed by atoms with Gasteiger partial charge in [-0.15, -0.1) is 12.0 Å². The maximum atomic E-state index is 11.4. The van der Waals surface area contributed by atoms with E-state index in [1.165, 1.54) is 0 Å². The maximum Gasteiger partial charge on any atom is 0.179 e. The summed E-state index contributed by atoms with van der Waals surface area (Å²) in [4.78, 5) is 11.4. The van der Waals surface area contributed by atoms with Crippen LogP contribution in [0.2, 0.25) is 0 Å². The molecule has 0 saturated heterocycles. The number of aliphatic hydroxyl groups excluding tert-OH is 1. The molecule has 5 radical (unpaired) electrons. The second-order valence-corrected chi connectivity index (χ2v) is 3.99. The van der Waals surface area contributed by atoms with E-state index in [4.69, 9.17) is 0 Å². The van der Waals surface area contributed by atoms with Crippen molar-refractivity contribution in [2.24, 2.45) is 5.92 Å². The van der Waals surface area contributed by atoms with Gasteiger partial charge in [-0.2, -0.15) is 0 Å². The molecule has 1 aliphatic carbocycles. The van der Waals surface area contributed by atoms with E-state index in [9.17, 15) is 9.90 Å². The minimum atomic E-state index is -0.407. The van der Waals surface area contributed by atoms with Crippen LogP contribution < -0.4 is 0 Å². The quantitative estimate of drug-likeness (QED) is 0.279. The molecule has 0 heterocycles. The van der Waals surface area contributed by atoms with Crippen molar-refractivity contribution in [3.8, 4) is 0 Å². The molecule has 0 aliphatic heterocycles. The molecule has 21 heavy (non-hydrogen) atoms. The third-order valence-corrected chi connectivity index (χ3v) is 2.58. The summed E-state index contributed by atoms with van der Waals surface area (Å²) in [5.41, 5.74) is 0.707. The minimum absolute atomic E-state index is 0. The molecule has 1 N–H and O–H groups in total. The van der Waals surface area contributed by atoms with Crippen LogP contribution in [0.1, 0.15) is 26.2 Å². The topological polar surface area (TPSA) is 37.3 Å². The van der Waals surface area contributed by atoms with Crippen LogP contribution in [0, 0.1) is 12.8 Å². The van der Waals surface area contributed by atoms with E-state index in [-0.39, 0.29) is 175 Å². The molecule has 2 atom stereocenters. The van der Waals surface area contributed by atoms with Gasteiger partial charge in [0.25, 0.3) is 0 Å². The Morgan fingerprint density at radius 1 is 1.19 bits per heavy atom. The van der Waals surface area contributed by atoms with Crippen molar-refractivity contribution in [3.05, 3.63) is 42.9 Å². The molecule has 1 rings (SSSR count). The third-order valence-electron chi connectivity index (χ3n) is 2.58. The molecule has 1 aliphatic rings. The van der Waals surface area contributed by atoms with E-state index in [1.807, 2.05) is 18.2 Å². The van der Waals surface area contributed by atoms with Crippen molar-refractivity contribution in [1.29, 1.82) is 0 Å². The molecule has 0 amide bonds. The van der Waals surface area contributed by atoms with E-state index >= 15 is 0 Å². The molecule has 0 spiro atoms. The van der Waals surface area contributed by atoms with Crippen molar-refractivity contribution in [2.45, 2.75) is 32.3 Å².